The molecule has 1 fully saturated rings. The maximum atomic E-state index is 14.3. The maximum Gasteiger partial charge on any atom is 0.264 e. The van der Waals surface area contributed by atoms with E-state index in [0.717, 1.165) is 41.1 Å². The van der Waals surface area contributed by atoms with Crippen molar-refractivity contribution in [2.75, 3.05) is 18.0 Å². The minimum Gasteiger partial charge on any atom is -0.495 e. The van der Waals surface area contributed by atoms with Crippen molar-refractivity contribution in [2.45, 2.75) is 69.5 Å². The zero-order valence-electron chi connectivity index (χ0n) is 24.3. The van der Waals surface area contributed by atoms with Gasteiger partial charge in [0.15, 0.2) is 0 Å². The van der Waals surface area contributed by atoms with Gasteiger partial charge in [-0.05, 0) is 62.1 Å². The maximum absolute atomic E-state index is 14.3. The Morgan fingerprint density at radius 1 is 1.02 bits per heavy atom. The SMILES string of the molecule is CCC(C(=O)NC1CCCC1)N(Cc1ccccc1)C(=O)CN(c1cc(Cl)ccc1OC)S(=O)(=O)c1ccc(C)cc1. The second kappa shape index (κ2) is 14.1. The Hall–Kier alpha value is -3.56. The second-order valence-electron chi connectivity index (χ2n) is 10.6. The van der Waals surface area contributed by atoms with Crippen molar-refractivity contribution in [3.8, 4) is 5.75 Å². The Labute approximate surface area is 253 Å². The van der Waals surface area contributed by atoms with Crippen molar-refractivity contribution in [3.05, 3.63) is 88.9 Å². The van der Waals surface area contributed by atoms with E-state index in [4.69, 9.17) is 16.3 Å². The van der Waals surface area contributed by atoms with Crippen LogP contribution in [0.25, 0.3) is 0 Å². The highest BCUT2D eigenvalue weighted by atomic mass is 35.5. The van der Waals surface area contributed by atoms with E-state index < -0.39 is 28.5 Å². The van der Waals surface area contributed by atoms with E-state index in [-0.39, 0.29) is 39.8 Å². The third kappa shape index (κ3) is 7.44. The molecule has 0 radical (unpaired) electrons. The number of benzene rings is 3. The van der Waals surface area contributed by atoms with Gasteiger partial charge in [0.1, 0.15) is 18.3 Å². The van der Waals surface area contributed by atoms with E-state index >= 15 is 0 Å². The number of nitrogens with one attached hydrogen (secondary N) is 1. The van der Waals surface area contributed by atoms with Gasteiger partial charge in [0, 0.05) is 17.6 Å². The van der Waals surface area contributed by atoms with Gasteiger partial charge in [-0.3, -0.25) is 13.9 Å². The summed E-state index contributed by atoms with van der Waals surface area (Å²) in [6.45, 7) is 3.29. The molecular weight excluding hydrogens is 574 g/mol. The quantitative estimate of drug-likeness (QED) is 0.283. The Bertz CT molecular complexity index is 1480. The Morgan fingerprint density at radius 2 is 1.69 bits per heavy atom. The molecule has 8 nitrogen and oxygen atoms in total. The van der Waals surface area contributed by atoms with Crippen LogP contribution < -0.4 is 14.4 Å². The van der Waals surface area contributed by atoms with Crippen LogP contribution in [-0.4, -0.2) is 50.9 Å². The third-order valence-corrected chi connectivity index (χ3v) is 9.59. The summed E-state index contributed by atoms with van der Waals surface area (Å²) in [5.74, 6) is -0.518. The highest BCUT2D eigenvalue weighted by Gasteiger charge is 2.35. The van der Waals surface area contributed by atoms with Crippen molar-refractivity contribution in [2.24, 2.45) is 0 Å². The van der Waals surface area contributed by atoms with Crippen LogP contribution in [0.5, 0.6) is 5.75 Å². The lowest BCUT2D eigenvalue weighted by Gasteiger charge is -2.34. The monoisotopic (exact) mass is 611 g/mol. The number of ether oxygens (including phenoxy) is 1. The molecule has 0 aliphatic heterocycles. The van der Waals surface area contributed by atoms with Crippen LogP contribution in [0.2, 0.25) is 5.02 Å². The molecule has 0 heterocycles. The van der Waals surface area contributed by atoms with Crippen molar-refractivity contribution in [1.82, 2.24) is 10.2 Å². The van der Waals surface area contributed by atoms with Gasteiger partial charge in [0.2, 0.25) is 11.8 Å². The molecule has 0 spiro atoms. The van der Waals surface area contributed by atoms with Crippen molar-refractivity contribution in [1.29, 1.82) is 0 Å². The summed E-state index contributed by atoms with van der Waals surface area (Å²) >= 11 is 6.31. The molecule has 2 amide bonds. The molecule has 0 saturated heterocycles. The normalized spacial score (nSPS) is 14.3. The summed E-state index contributed by atoms with van der Waals surface area (Å²) < 4.78 is 34.8. The first-order valence-electron chi connectivity index (χ1n) is 14.2. The zero-order chi connectivity index (χ0) is 30.3. The topological polar surface area (TPSA) is 96.0 Å². The average Bonchev–Trinajstić information content (AvgIpc) is 3.49. The Morgan fingerprint density at radius 3 is 2.31 bits per heavy atom. The number of hydrogen-bond donors (Lipinski definition) is 1. The molecule has 3 aromatic carbocycles. The van der Waals surface area contributed by atoms with Crippen LogP contribution in [0.4, 0.5) is 5.69 Å². The van der Waals surface area contributed by atoms with Crippen LogP contribution in [0.1, 0.15) is 50.2 Å². The van der Waals surface area contributed by atoms with Crippen LogP contribution in [0, 0.1) is 6.92 Å². The van der Waals surface area contributed by atoms with Crippen LogP contribution in [0.15, 0.2) is 77.7 Å². The number of halogens is 1. The third-order valence-electron chi connectivity index (χ3n) is 7.58. The first kappa shape index (κ1) is 31.4. The molecular formula is C32H38ClN3O5S. The Balaban J connectivity index is 1.75. The number of hydrogen-bond acceptors (Lipinski definition) is 5. The van der Waals surface area contributed by atoms with Crippen LogP contribution in [-0.2, 0) is 26.2 Å². The highest BCUT2D eigenvalue weighted by Crippen LogP contribution is 2.35. The van der Waals surface area contributed by atoms with E-state index in [1.54, 1.807) is 24.3 Å². The molecule has 3 aromatic rings. The molecule has 10 heteroatoms. The lowest BCUT2D eigenvalue weighted by molar-refractivity contribution is -0.140. The summed E-state index contributed by atoms with van der Waals surface area (Å²) in [5.41, 5.74) is 1.85. The number of aryl methyl sites for hydroxylation is 1. The summed E-state index contributed by atoms with van der Waals surface area (Å²) in [6.07, 6.45) is 4.30. The first-order valence-corrected chi connectivity index (χ1v) is 16.0. The smallest absolute Gasteiger partial charge is 0.264 e. The minimum absolute atomic E-state index is 0.0172. The number of anilines is 1. The number of nitrogens with zero attached hydrogens (tertiary/aromatic N) is 2. The summed E-state index contributed by atoms with van der Waals surface area (Å²) in [7, 11) is -2.82. The molecule has 4 rings (SSSR count). The van der Waals surface area contributed by atoms with Gasteiger partial charge >= 0.3 is 0 Å². The fourth-order valence-electron chi connectivity index (χ4n) is 5.28. The van der Waals surface area contributed by atoms with E-state index in [9.17, 15) is 18.0 Å². The predicted molar refractivity (Wildman–Crippen MR) is 165 cm³/mol. The number of rotatable bonds is 12. The fraction of sp³-hybridized carbons (Fsp3) is 0.375. The van der Waals surface area contributed by atoms with E-state index in [0.29, 0.717) is 6.42 Å². The van der Waals surface area contributed by atoms with E-state index in [1.165, 1.54) is 30.2 Å². The van der Waals surface area contributed by atoms with Crippen LogP contribution in [0.3, 0.4) is 0 Å². The molecule has 224 valence electrons. The summed E-state index contributed by atoms with van der Waals surface area (Å²) in [6, 6.07) is 19.7. The molecule has 1 aliphatic rings. The number of amides is 2. The largest absolute Gasteiger partial charge is 0.495 e. The van der Waals surface area contributed by atoms with Crippen molar-refractivity contribution in [3.63, 3.8) is 0 Å². The highest BCUT2D eigenvalue weighted by molar-refractivity contribution is 7.92. The number of sulfonamides is 1. The van der Waals surface area contributed by atoms with Gasteiger partial charge in [-0.15, -0.1) is 0 Å². The molecule has 1 atom stereocenters. The van der Waals surface area contributed by atoms with Gasteiger partial charge in [0.25, 0.3) is 10.0 Å². The predicted octanol–water partition coefficient (Wildman–Crippen LogP) is 5.72. The van der Waals surface area contributed by atoms with Crippen molar-refractivity contribution >= 4 is 39.1 Å². The molecule has 1 unspecified atom stereocenters. The minimum atomic E-state index is -4.25. The second-order valence-corrected chi connectivity index (χ2v) is 12.9. The van der Waals surface area contributed by atoms with Crippen molar-refractivity contribution < 1.29 is 22.7 Å². The molecule has 1 saturated carbocycles. The summed E-state index contributed by atoms with van der Waals surface area (Å²) in [4.78, 5) is 29.3. The lowest BCUT2D eigenvalue weighted by Crippen LogP contribution is -2.53. The standard InChI is InChI=1S/C32H38ClN3O5S/c1-4-28(32(38)34-26-12-8-9-13-26)35(21-24-10-6-5-7-11-24)31(37)22-36(29-20-25(33)16-19-30(29)41-3)42(39,40)27-17-14-23(2)15-18-27/h5-7,10-11,14-20,26,28H,4,8-9,12-13,21-22H2,1-3H3,(H,34,38). The zero-order valence-corrected chi connectivity index (χ0v) is 25.8. The molecule has 1 aliphatic carbocycles. The van der Waals surface area contributed by atoms with Gasteiger partial charge in [0.05, 0.1) is 17.7 Å². The van der Waals surface area contributed by atoms with Gasteiger partial charge in [-0.25, -0.2) is 8.42 Å². The summed E-state index contributed by atoms with van der Waals surface area (Å²) in [5, 5.41) is 3.40. The van der Waals surface area contributed by atoms with E-state index in [1.807, 2.05) is 44.2 Å². The molecule has 0 bridgehead atoms. The van der Waals surface area contributed by atoms with Crippen LogP contribution >= 0.6 is 11.6 Å². The van der Waals surface area contributed by atoms with Gasteiger partial charge in [-0.2, -0.15) is 0 Å². The molecule has 42 heavy (non-hydrogen) atoms. The average molecular weight is 612 g/mol. The number of carbonyl (C=O) groups excluding carboxylic acids is 2. The van der Waals surface area contributed by atoms with E-state index in [2.05, 4.69) is 5.32 Å². The van der Waals surface area contributed by atoms with Gasteiger partial charge in [-0.1, -0.05) is 79.4 Å². The molecule has 1 N–H and O–H groups in total. The Kier molecular flexibility index (Phi) is 10.5. The molecule has 0 aromatic heterocycles. The fourth-order valence-corrected chi connectivity index (χ4v) is 6.86. The van der Waals surface area contributed by atoms with Gasteiger partial charge < -0.3 is 15.0 Å². The number of methoxy groups -OCH3 is 1. The number of carbonyl (C=O) groups is 2. The first-order chi connectivity index (χ1) is 20.1. The lowest BCUT2D eigenvalue weighted by atomic mass is 10.1.